The van der Waals surface area contributed by atoms with Gasteiger partial charge in [0.1, 0.15) is 0 Å². The van der Waals surface area contributed by atoms with E-state index < -0.39 is 5.97 Å². The van der Waals surface area contributed by atoms with Gasteiger partial charge in [-0.05, 0) is 31.2 Å². The van der Waals surface area contributed by atoms with Gasteiger partial charge in [0.25, 0.3) is 5.91 Å². The molecule has 0 unspecified atom stereocenters. The summed E-state index contributed by atoms with van der Waals surface area (Å²) in [5.74, 6) is -1.57. The van der Waals surface area contributed by atoms with Crippen molar-refractivity contribution in [1.29, 1.82) is 0 Å². The first kappa shape index (κ1) is 21.0. The molecule has 1 aromatic rings. The lowest BCUT2D eigenvalue weighted by Gasteiger charge is -2.30. The second kappa shape index (κ2) is 10.1. The smallest absolute Gasteiger partial charge is 0.306 e. The first-order valence-electron chi connectivity index (χ1n) is 8.80. The van der Waals surface area contributed by atoms with Crippen LogP contribution in [0.4, 0.5) is 0 Å². The highest BCUT2D eigenvalue weighted by Crippen LogP contribution is 2.17. The summed E-state index contributed by atoms with van der Waals surface area (Å²) in [4.78, 5) is 49.7. The van der Waals surface area contributed by atoms with Crippen molar-refractivity contribution in [1.82, 2.24) is 4.90 Å². The van der Waals surface area contributed by atoms with Crippen LogP contribution in [0.1, 0.15) is 36.0 Å². The van der Waals surface area contributed by atoms with E-state index in [1.807, 2.05) is 18.4 Å². The standard InChI is InChI=1S/C19H24N2O5S/c1-27-15-4-2-13(3-5-15)16(22)6-7-18(24)26-12-17(23)21-10-8-14(9-11-21)19(20)25/h2-5,14H,6-12H2,1H3,(H2,20,25). The summed E-state index contributed by atoms with van der Waals surface area (Å²) < 4.78 is 4.98. The number of esters is 1. The van der Waals surface area contributed by atoms with Crippen molar-refractivity contribution in [3.63, 3.8) is 0 Å². The van der Waals surface area contributed by atoms with Gasteiger partial charge in [0.15, 0.2) is 12.4 Å². The fourth-order valence-corrected chi connectivity index (χ4v) is 3.26. The predicted molar refractivity (Wildman–Crippen MR) is 101 cm³/mol. The molecule has 0 spiro atoms. The van der Waals surface area contributed by atoms with E-state index in [1.165, 1.54) is 0 Å². The summed E-state index contributed by atoms with van der Waals surface area (Å²) in [5, 5.41) is 0. The second-order valence-corrected chi connectivity index (χ2v) is 7.25. The number of nitrogens with zero attached hydrogens (tertiary/aromatic N) is 1. The molecule has 8 heteroatoms. The molecule has 1 fully saturated rings. The minimum atomic E-state index is -0.579. The summed E-state index contributed by atoms with van der Waals surface area (Å²) in [6.07, 6.45) is 2.97. The fraction of sp³-hybridized carbons (Fsp3) is 0.474. The van der Waals surface area contributed by atoms with Crippen LogP contribution in [0.2, 0.25) is 0 Å². The first-order chi connectivity index (χ1) is 12.9. The molecule has 0 atom stereocenters. The van der Waals surface area contributed by atoms with Crippen LogP contribution in [0.5, 0.6) is 0 Å². The third-order valence-corrected chi connectivity index (χ3v) is 5.32. The van der Waals surface area contributed by atoms with Crippen LogP contribution in [0.15, 0.2) is 29.2 Å². The van der Waals surface area contributed by atoms with Gasteiger partial charge in [-0.3, -0.25) is 19.2 Å². The van der Waals surface area contributed by atoms with E-state index >= 15 is 0 Å². The average Bonchev–Trinajstić information content (AvgIpc) is 2.70. The number of ketones is 1. The number of piperidine rings is 1. The first-order valence-corrected chi connectivity index (χ1v) is 10.0. The Morgan fingerprint density at radius 2 is 1.74 bits per heavy atom. The monoisotopic (exact) mass is 392 g/mol. The molecule has 2 N–H and O–H groups in total. The van der Waals surface area contributed by atoms with Crippen molar-refractivity contribution in [3.8, 4) is 0 Å². The SMILES string of the molecule is CSc1ccc(C(=O)CCC(=O)OCC(=O)N2CCC(C(N)=O)CC2)cc1. The topological polar surface area (TPSA) is 107 Å². The van der Waals surface area contributed by atoms with Crippen LogP contribution in [0.3, 0.4) is 0 Å². The summed E-state index contributed by atoms with van der Waals surface area (Å²) in [5.41, 5.74) is 5.81. The summed E-state index contributed by atoms with van der Waals surface area (Å²) >= 11 is 1.59. The molecule has 1 aliphatic rings. The lowest BCUT2D eigenvalue weighted by molar-refractivity contribution is -0.152. The maximum atomic E-state index is 12.1. The summed E-state index contributed by atoms with van der Waals surface area (Å²) in [7, 11) is 0. The van der Waals surface area contributed by atoms with Crippen LogP contribution in [-0.4, -0.2) is 54.4 Å². The van der Waals surface area contributed by atoms with Gasteiger partial charge in [-0.15, -0.1) is 11.8 Å². The van der Waals surface area contributed by atoms with Crippen molar-refractivity contribution < 1.29 is 23.9 Å². The average molecular weight is 392 g/mol. The minimum absolute atomic E-state index is 0.0373. The number of nitrogens with two attached hydrogens (primary N) is 1. The fourth-order valence-electron chi connectivity index (χ4n) is 2.86. The molecule has 0 radical (unpaired) electrons. The number of carbonyl (C=O) groups is 4. The molecule has 0 saturated carbocycles. The van der Waals surface area contributed by atoms with E-state index in [0.717, 1.165) is 4.90 Å². The molecule has 1 saturated heterocycles. The number of amides is 2. The number of primary amides is 1. The normalized spacial score (nSPS) is 14.6. The van der Waals surface area contributed by atoms with Crippen LogP contribution in [0.25, 0.3) is 0 Å². The molecule has 146 valence electrons. The Morgan fingerprint density at radius 1 is 1.11 bits per heavy atom. The van der Waals surface area contributed by atoms with Gasteiger partial charge < -0.3 is 15.4 Å². The Morgan fingerprint density at radius 3 is 2.30 bits per heavy atom. The lowest BCUT2D eigenvalue weighted by Crippen LogP contribution is -2.43. The molecule has 2 amide bonds. The van der Waals surface area contributed by atoms with Gasteiger partial charge in [0.05, 0.1) is 6.42 Å². The number of Topliss-reactive ketones (excluding diaryl/α,β-unsaturated/α-hetero) is 1. The third kappa shape index (κ3) is 6.39. The predicted octanol–water partition coefficient (Wildman–Crippen LogP) is 1.64. The second-order valence-electron chi connectivity index (χ2n) is 6.37. The quantitative estimate of drug-likeness (QED) is 0.409. The van der Waals surface area contributed by atoms with E-state index in [1.54, 1.807) is 28.8 Å². The highest BCUT2D eigenvalue weighted by molar-refractivity contribution is 7.98. The zero-order valence-corrected chi connectivity index (χ0v) is 16.1. The van der Waals surface area contributed by atoms with E-state index in [2.05, 4.69) is 0 Å². The Hall–Kier alpha value is -2.35. The van der Waals surface area contributed by atoms with E-state index in [4.69, 9.17) is 10.5 Å². The Labute approximate surface area is 162 Å². The van der Waals surface area contributed by atoms with Crippen molar-refractivity contribution >= 4 is 35.3 Å². The zero-order valence-electron chi connectivity index (χ0n) is 15.3. The van der Waals surface area contributed by atoms with Crippen molar-refractivity contribution in [2.75, 3.05) is 26.0 Å². The highest BCUT2D eigenvalue weighted by Gasteiger charge is 2.26. The number of carbonyl (C=O) groups excluding carboxylic acids is 4. The number of rotatable bonds is 8. The van der Waals surface area contributed by atoms with Crippen molar-refractivity contribution in [2.24, 2.45) is 11.7 Å². The number of likely N-dealkylation sites (tertiary alicyclic amines) is 1. The number of benzene rings is 1. The van der Waals surface area contributed by atoms with E-state index in [9.17, 15) is 19.2 Å². The molecular formula is C19H24N2O5S. The zero-order chi connectivity index (χ0) is 19.8. The summed E-state index contributed by atoms with van der Waals surface area (Å²) in [6.45, 7) is 0.500. The maximum absolute atomic E-state index is 12.1. The van der Waals surface area contributed by atoms with Gasteiger partial charge in [-0.25, -0.2) is 0 Å². The molecule has 2 rings (SSSR count). The van der Waals surface area contributed by atoms with Gasteiger partial charge in [0.2, 0.25) is 5.91 Å². The molecule has 1 aromatic carbocycles. The van der Waals surface area contributed by atoms with E-state index in [0.29, 0.717) is 31.5 Å². The molecule has 1 aliphatic heterocycles. The van der Waals surface area contributed by atoms with Crippen LogP contribution in [0, 0.1) is 5.92 Å². The van der Waals surface area contributed by atoms with Gasteiger partial charge >= 0.3 is 5.97 Å². The highest BCUT2D eigenvalue weighted by atomic mass is 32.2. The molecule has 0 bridgehead atoms. The maximum Gasteiger partial charge on any atom is 0.306 e. The Balaban J connectivity index is 1.69. The third-order valence-electron chi connectivity index (χ3n) is 4.57. The van der Waals surface area contributed by atoms with Crippen LogP contribution < -0.4 is 5.73 Å². The molecule has 7 nitrogen and oxygen atoms in total. The number of hydrogen-bond acceptors (Lipinski definition) is 6. The number of thioether (sulfide) groups is 1. The van der Waals surface area contributed by atoms with Crippen molar-refractivity contribution in [3.05, 3.63) is 29.8 Å². The number of ether oxygens (including phenoxy) is 1. The Kier molecular flexibility index (Phi) is 7.84. The number of hydrogen-bond donors (Lipinski definition) is 1. The molecular weight excluding hydrogens is 368 g/mol. The molecule has 0 aromatic heterocycles. The van der Waals surface area contributed by atoms with Crippen LogP contribution >= 0.6 is 11.8 Å². The van der Waals surface area contributed by atoms with Gasteiger partial charge in [-0.1, -0.05) is 12.1 Å². The molecule has 27 heavy (non-hydrogen) atoms. The van der Waals surface area contributed by atoms with E-state index in [-0.39, 0.29) is 43.0 Å². The molecule has 1 heterocycles. The summed E-state index contributed by atoms with van der Waals surface area (Å²) in [6, 6.07) is 7.18. The lowest BCUT2D eigenvalue weighted by atomic mass is 9.96. The van der Waals surface area contributed by atoms with Gasteiger partial charge in [0, 0.05) is 35.9 Å². The van der Waals surface area contributed by atoms with Gasteiger partial charge in [-0.2, -0.15) is 0 Å². The minimum Gasteiger partial charge on any atom is -0.456 e. The largest absolute Gasteiger partial charge is 0.456 e. The van der Waals surface area contributed by atoms with Crippen molar-refractivity contribution in [2.45, 2.75) is 30.6 Å². The molecule has 0 aliphatic carbocycles. The van der Waals surface area contributed by atoms with Crippen LogP contribution in [-0.2, 0) is 19.1 Å². The Bertz CT molecular complexity index is 697.